The third-order valence-electron chi connectivity index (χ3n) is 3.39. The first kappa shape index (κ1) is 18.1. The number of amides is 2. The Morgan fingerprint density at radius 1 is 1.24 bits per heavy atom. The third-order valence-corrected chi connectivity index (χ3v) is 3.39. The maximum atomic E-state index is 11.8. The van der Waals surface area contributed by atoms with Gasteiger partial charge in [-0.25, -0.2) is 9.48 Å². The molecule has 25 heavy (non-hydrogen) atoms. The molecule has 2 amide bonds. The number of nitrogens with zero attached hydrogens (tertiary/aromatic N) is 2. The van der Waals surface area contributed by atoms with Crippen molar-refractivity contribution in [3.8, 4) is 11.5 Å². The summed E-state index contributed by atoms with van der Waals surface area (Å²) in [7, 11) is 3.11. The fourth-order valence-electron chi connectivity index (χ4n) is 2.25. The van der Waals surface area contributed by atoms with Gasteiger partial charge in [-0.15, -0.1) is 0 Å². The summed E-state index contributed by atoms with van der Waals surface area (Å²) in [5.74, 6) is 0.693. The highest BCUT2D eigenvalue weighted by Gasteiger charge is 2.13. The summed E-state index contributed by atoms with van der Waals surface area (Å²) in [5, 5.41) is 17.9. The molecule has 0 bridgehead atoms. The van der Waals surface area contributed by atoms with Crippen LogP contribution >= 0.6 is 0 Å². The van der Waals surface area contributed by atoms with Gasteiger partial charge in [0.2, 0.25) is 0 Å². The van der Waals surface area contributed by atoms with Gasteiger partial charge in [-0.05, 0) is 6.07 Å². The number of carboxylic acids is 1. The molecule has 9 heteroatoms. The summed E-state index contributed by atoms with van der Waals surface area (Å²) in [6.07, 6.45) is 1.41. The minimum Gasteiger partial charge on any atom is -0.493 e. The van der Waals surface area contributed by atoms with Crippen LogP contribution in [0, 0.1) is 0 Å². The molecule has 0 spiro atoms. The number of benzene rings is 1. The molecular formula is C16H20N4O5. The van der Waals surface area contributed by atoms with Crippen LogP contribution in [0.3, 0.4) is 0 Å². The molecule has 2 rings (SSSR count). The normalized spacial score (nSPS) is 10.2. The minimum absolute atomic E-state index is 0.0407. The largest absolute Gasteiger partial charge is 0.493 e. The number of carbonyl (C=O) groups excluding carboxylic acids is 1. The fraction of sp³-hybridized carbons (Fsp3) is 0.312. The molecule has 1 heterocycles. The van der Waals surface area contributed by atoms with Crippen LogP contribution in [0.2, 0.25) is 0 Å². The Balaban J connectivity index is 2.07. The maximum Gasteiger partial charge on any atom is 0.320 e. The summed E-state index contributed by atoms with van der Waals surface area (Å²) in [6, 6.07) is 6.65. The molecule has 9 nitrogen and oxygen atoms in total. The van der Waals surface area contributed by atoms with E-state index in [0.717, 1.165) is 5.56 Å². The minimum atomic E-state index is -0.976. The first-order chi connectivity index (χ1) is 12.0. The van der Waals surface area contributed by atoms with E-state index in [-0.39, 0.29) is 13.0 Å². The number of carboxylic acid groups (broad SMARTS) is 1. The predicted molar refractivity (Wildman–Crippen MR) is 90.1 cm³/mol. The number of aliphatic carboxylic acids is 1. The van der Waals surface area contributed by atoms with Gasteiger partial charge in [0.1, 0.15) is 5.82 Å². The van der Waals surface area contributed by atoms with Gasteiger partial charge in [-0.3, -0.25) is 10.1 Å². The molecule has 1 aromatic heterocycles. The Bertz CT molecular complexity index is 744. The highest BCUT2D eigenvalue weighted by molar-refractivity contribution is 5.88. The van der Waals surface area contributed by atoms with Crippen molar-refractivity contribution < 1.29 is 24.2 Å². The standard InChI is InChI=1S/C16H20N4O5/c1-24-12-5-3-4-11(15(12)25-2)10-20-13(6-9-18-20)19-16(23)17-8-7-14(21)22/h3-6,9H,7-8,10H2,1-2H3,(H,21,22)(H2,17,19,23). The second-order valence-electron chi connectivity index (χ2n) is 5.05. The van der Waals surface area contributed by atoms with E-state index in [0.29, 0.717) is 23.9 Å². The van der Waals surface area contributed by atoms with Crippen LogP contribution in [0.1, 0.15) is 12.0 Å². The zero-order valence-corrected chi connectivity index (χ0v) is 14.0. The van der Waals surface area contributed by atoms with Crippen molar-refractivity contribution in [2.45, 2.75) is 13.0 Å². The fourth-order valence-corrected chi connectivity index (χ4v) is 2.25. The zero-order valence-electron chi connectivity index (χ0n) is 14.0. The van der Waals surface area contributed by atoms with Gasteiger partial charge in [-0.1, -0.05) is 12.1 Å². The number of aromatic nitrogens is 2. The highest BCUT2D eigenvalue weighted by atomic mass is 16.5. The van der Waals surface area contributed by atoms with Gasteiger partial charge in [0.05, 0.1) is 33.4 Å². The number of anilines is 1. The summed E-state index contributed by atoms with van der Waals surface area (Å²) in [5.41, 5.74) is 0.833. The van der Waals surface area contributed by atoms with Gasteiger partial charge in [-0.2, -0.15) is 5.10 Å². The van der Waals surface area contributed by atoms with Crippen LogP contribution in [0.4, 0.5) is 10.6 Å². The number of hydrogen-bond acceptors (Lipinski definition) is 5. The first-order valence-electron chi connectivity index (χ1n) is 7.53. The quantitative estimate of drug-likeness (QED) is 0.667. The third kappa shape index (κ3) is 4.87. The second kappa shape index (κ2) is 8.57. The number of ether oxygens (including phenoxy) is 2. The lowest BCUT2D eigenvalue weighted by atomic mass is 10.2. The molecule has 2 aromatic rings. The first-order valence-corrected chi connectivity index (χ1v) is 7.53. The number of nitrogens with one attached hydrogen (secondary N) is 2. The van der Waals surface area contributed by atoms with Gasteiger partial charge in [0.25, 0.3) is 0 Å². The van der Waals surface area contributed by atoms with E-state index in [2.05, 4.69) is 15.7 Å². The van der Waals surface area contributed by atoms with Crippen molar-refractivity contribution >= 4 is 17.8 Å². The van der Waals surface area contributed by atoms with E-state index in [1.54, 1.807) is 37.2 Å². The molecule has 134 valence electrons. The monoisotopic (exact) mass is 348 g/mol. The van der Waals surface area contributed by atoms with Gasteiger partial charge >= 0.3 is 12.0 Å². The van der Waals surface area contributed by atoms with Crippen molar-refractivity contribution in [2.75, 3.05) is 26.1 Å². The summed E-state index contributed by atoms with van der Waals surface area (Å²) in [4.78, 5) is 22.3. The van der Waals surface area contributed by atoms with E-state index in [1.807, 2.05) is 12.1 Å². The lowest BCUT2D eigenvalue weighted by Gasteiger charge is -2.14. The average molecular weight is 348 g/mol. The van der Waals surface area contributed by atoms with Gasteiger partial charge < -0.3 is 19.9 Å². The van der Waals surface area contributed by atoms with Crippen molar-refractivity contribution in [1.82, 2.24) is 15.1 Å². The number of para-hydroxylation sites is 1. The number of hydrogen-bond donors (Lipinski definition) is 3. The Labute approximate surface area is 144 Å². The summed E-state index contributed by atoms with van der Waals surface area (Å²) < 4.78 is 12.3. The van der Waals surface area contributed by atoms with Gasteiger partial charge in [0, 0.05) is 18.2 Å². The van der Waals surface area contributed by atoms with Crippen LogP contribution in [0.25, 0.3) is 0 Å². The van der Waals surface area contributed by atoms with Gasteiger partial charge in [0.15, 0.2) is 11.5 Å². The van der Waals surface area contributed by atoms with Crippen molar-refractivity contribution in [3.63, 3.8) is 0 Å². The second-order valence-corrected chi connectivity index (χ2v) is 5.05. The molecule has 0 unspecified atom stereocenters. The molecule has 0 aliphatic carbocycles. The van der Waals surface area contributed by atoms with E-state index in [9.17, 15) is 9.59 Å². The molecule has 0 saturated heterocycles. The van der Waals surface area contributed by atoms with Crippen LogP contribution in [0.5, 0.6) is 11.5 Å². The van der Waals surface area contributed by atoms with Crippen LogP contribution in [-0.2, 0) is 11.3 Å². The molecule has 0 aliphatic rings. The van der Waals surface area contributed by atoms with E-state index in [1.165, 1.54) is 0 Å². The number of methoxy groups -OCH3 is 2. The molecule has 0 aliphatic heterocycles. The smallest absolute Gasteiger partial charge is 0.320 e. The maximum absolute atomic E-state index is 11.8. The number of rotatable bonds is 8. The molecule has 3 N–H and O–H groups in total. The van der Waals surface area contributed by atoms with E-state index >= 15 is 0 Å². The topological polar surface area (TPSA) is 115 Å². The van der Waals surface area contributed by atoms with E-state index in [4.69, 9.17) is 14.6 Å². The highest BCUT2D eigenvalue weighted by Crippen LogP contribution is 2.31. The number of urea groups is 1. The Morgan fingerprint density at radius 3 is 2.72 bits per heavy atom. The Kier molecular flexibility index (Phi) is 6.21. The zero-order chi connectivity index (χ0) is 18.2. The van der Waals surface area contributed by atoms with E-state index < -0.39 is 12.0 Å². The molecule has 0 atom stereocenters. The molecule has 0 radical (unpaired) electrons. The van der Waals surface area contributed by atoms with Crippen molar-refractivity contribution in [3.05, 3.63) is 36.0 Å². The molecule has 1 aromatic carbocycles. The predicted octanol–water partition coefficient (Wildman–Crippen LogP) is 1.54. The lowest BCUT2D eigenvalue weighted by molar-refractivity contribution is -0.136. The van der Waals surface area contributed by atoms with Crippen LogP contribution in [-0.4, -0.2) is 47.7 Å². The summed E-state index contributed by atoms with van der Waals surface area (Å²) in [6.45, 7) is 0.400. The lowest BCUT2D eigenvalue weighted by Crippen LogP contribution is -2.31. The summed E-state index contributed by atoms with van der Waals surface area (Å²) >= 11 is 0. The number of carbonyl (C=O) groups is 2. The molecular weight excluding hydrogens is 328 g/mol. The van der Waals surface area contributed by atoms with Crippen LogP contribution < -0.4 is 20.1 Å². The Hall–Kier alpha value is -3.23. The molecule has 0 fully saturated rings. The SMILES string of the molecule is COc1cccc(Cn2nccc2NC(=O)NCCC(=O)O)c1OC. The Morgan fingerprint density at radius 2 is 2.04 bits per heavy atom. The average Bonchev–Trinajstić information content (AvgIpc) is 3.01. The van der Waals surface area contributed by atoms with Crippen molar-refractivity contribution in [1.29, 1.82) is 0 Å². The van der Waals surface area contributed by atoms with Crippen molar-refractivity contribution in [2.24, 2.45) is 0 Å². The van der Waals surface area contributed by atoms with Crippen LogP contribution in [0.15, 0.2) is 30.5 Å². The molecule has 0 saturated carbocycles.